The molecule has 1 unspecified atom stereocenters. The third-order valence-electron chi connectivity index (χ3n) is 1.41. The van der Waals surface area contributed by atoms with Crippen LogP contribution in [0.4, 0.5) is 0 Å². The summed E-state index contributed by atoms with van der Waals surface area (Å²) in [4.78, 5) is 0. The smallest absolute Gasteiger partial charge is 0.0357 e. The van der Waals surface area contributed by atoms with Crippen molar-refractivity contribution in [3.8, 4) is 0 Å². The molecule has 12 heavy (non-hydrogen) atoms. The molecule has 0 bridgehead atoms. The lowest BCUT2D eigenvalue weighted by atomic mass is 10.5. The van der Waals surface area contributed by atoms with Crippen LogP contribution in [0, 0.1) is 0 Å². The maximum absolute atomic E-state index is 10.6. The molecule has 1 N–H and O–H groups in total. The van der Waals surface area contributed by atoms with Crippen molar-refractivity contribution in [2.45, 2.75) is 13.3 Å². The first kappa shape index (κ1) is 12.5. The Hall–Kier alpha value is 0.460. The molecule has 0 radical (unpaired) electrons. The number of thioether (sulfide) groups is 1. The second-order valence-corrected chi connectivity index (χ2v) is 5.53. The predicted octanol–water partition coefficient (Wildman–Crippen LogP) is 1.10. The molecule has 0 saturated heterocycles. The highest BCUT2D eigenvalue weighted by atomic mass is 32.2. The van der Waals surface area contributed by atoms with Gasteiger partial charge < -0.3 is 5.32 Å². The molecule has 0 aliphatic heterocycles. The average molecular weight is 209 g/mol. The SMILES string of the molecule is CCSCCCNCCS(C)=O. The van der Waals surface area contributed by atoms with Crippen LogP contribution in [0.2, 0.25) is 0 Å². The fraction of sp³-hybridized carbons (Fsp3) is 1.00. The molecular formula is C8H19NOS2. The zero-order valence-corrected chi connectivity index (χ0v) is 9.60. The molecule has 0 aliphatic carbocycles. The summed E-state index contributed by atoms with van der Waals surface area (Å²) < 4.78 is 10.6. The largest absolute Gasteiger partial charge is 0.316 e. The van der Waals surface area contributed by atoms with Crippen LogP contribution in [0.1, 0.15) is 13.3 Å². The van der Waals surface area contributed by atoms with Gasteiger partial charge in [-0.2, -0.15) is 11.8 Å². The van der Waals surface area contributed by atoms with Gasteiger partial charge in [-0.15, -0.1) is 0 Å². The van der Waals surface area contributed by atoms with Gasteiger partial charge in [-0.3, -0.25) is 4.21 Å². The molecule has 0 rings (SSSR count). The third-order valence-corrected chi connectivity index (χ3v) is 3.18. The fourth-order valence-electron chi connectivity index (χ4n) is 0.784. The van der Waals surface area contributed by atoms with Crippen molar-refractivity contribution in [3.05, 3.63) is 0 Å². The van der Waals surface area contributed by atoms with Gasteiger partial charge in [-0.05, 0) is 24.5 Å². The van der Waals surface area contributed by atoms with Gasteiger partial charge in [-0.25, -0.2) is 0 Å². The Morgan fingerprint density at radius 3 is 2.75 bits per heavy atom. The minimum Gasteiger partial charge on any atom is -0.316 e. The highest BCUT2D eigenvalue weighted by Crippen LogP contribution is 1.99. The van der Waals surface area contributed by atoms with Crippen LogP contribution < -0.4 is 5.32 Å². The molecular weight excluding hydrogens is 190 g/mol. The minimum absolute atomic E-state index is 0.642. The average Bonchev–Trinajstić information content (AvgIpc) is 2.02. The Kier molecular flexibility index (Phi) is 9.91. The van der Waals surface area contributed by atoms with Crippen LogP contribution in [0.3, 0.4) is 0 Å². The summed E-state index contributed by atoms with van der Waals surface area (Å²) in [6, 6.07) is 0. The minimum atomic E-state index is -0.642. The van der Waals surface area contributed by atoms with E-state index in [2.05, 4.69) is 12.2 Å². The summed E-state index contributed by atoms with van der Waals surface area (Å²) in [6.45, 7) is 4.13. The van der Waals surface area contributed by atoms with Crippen molar-refractivity contribution < 1.29 is 4.21 Å². The van der Waals surface area contributed by atoms with Gasteiger partial charge in [-0.1, -0.05) is 6.92 Å². The van der Waals surface area contributed by atoms with Crippen LogP contribution >= 0.6 is 11.8 Å². The van der Waals surface area contributed by atoms with Crippen molar-refractivity contribution in [3.63, 3.8) is 0 Å². The quantitative estimate of drug-likeness (QED) is 0.607. The van der Waals surface area contributed by atoms with E-state index < -0.39 is 10.8 Å². The lowest BCUT2D eigenvalue weighted by Gasteiger charge is -2.02. The number of nitrogens with one attached hydrogen (secondary N) is 1. The predicted molar refractivity (Wildman–Crippen MR) is 59.4 cm³/mol. The lowest BCUT2D eigenvalue weighted by molar-refractivity contribution is 0.674. The zero-order valence-electron chi connectivity index (χ0n) is 7.97. The Labute approximate surface area is 82.3 Å². The molecule has 74 valence electrons. The van der Waals surface area contributed by atoms with E-state index in [4.69, 9.17) is 0 Å². The molecule has 0 spiro atoms. The fourth-order valence-corrected chi connectivity index (χ4v) is 1.85. The van der Waals surface area contributed by atoms with Crippen LogP contribution in [0.5, 0.6) is 0 Å². The van der Waals surface area contributed by atoms with Crippen LogP contribution in [0.25, 0.3) is 0 Å². The monoisotopic (exact) mass is 209 g/mol. The van der Waals surface area contributed by atoms with Crippen LogP contribution in [0.15, 0.2) is 0 Å². The Morgan fingerprint density at radius 2 is 2.17 bits per heavy atom. The van der Waals surface area contributed by atoms with Gasteiger partial charge >= 0.3 is 0 Å². The highest BCUT2D eigenvalue weighted by molar-refractivity contribution is 7.99. The van der Waals surface area contributed by atoms with Crippen LogP contribution in [-0.2, 0) is 10.8 Å². The van der Waals surface area contributed by atoms with Crippen molar-refractivity contribution in [1.29, 1.82) is 0 Å². The van der Waals surface area contributed by atoms with E-state index in [1.165, 1.54) is 17.9 Å². The summed E-state index contributed by atoms with van der Waals surface area (Å²) in [5.41, 5.74) is 0. The van der Waals surface area contributed by atoms with Crippen LogP contribution in [-0.4, -0.2) is 40.8 Å². The van der Waals surface area contributed by atoms with Gasteiger partial charge in [0.05, 0.1) is 0 Å². The molecule has 0 aromatic heterocycles. The van der Waals surface area contributed by atoms with E-state index in [-0.39, 0.29) is 0 Å². The summed E-state index contributed by atoms with van der Waals surface area (Å²) >= 11 is 1.97. The topological polar surface area (TPSA) is 29.1 Å². The molecule has 0 aliphatic rings. The maximum Gasteiger partial charge on any atom is 0.0357 e. The molecule has 0 saturated carbocycles. The molecule has 1 atom stereocenters. The summed E-state index contributed by atoms with van der Waals surface area (Å²) in [5, 5.41) is 3.27. The number of rotatable bonds is 8. The lowest BCUT2D eigenvalue weighted by Crippen LogP contribution is -2.21. The first-order valence-corrected chi connectivity index (χ1v) is 7.24. The Morgan fingerprint density at radius 1 is 1.42 bits per heavy atom. The summed E-state index contributed by atoms with van der Waals surface area (Å²) in [6.07, 6.45) is 2.96. The van der Waals surface area contributed by atoms with Gasteiger partial charge in [0, 0.05) is 29.4 Å². The van der Waals surface area contributed by atoms with E-state index in [0.29, 0.717) is 0 Å². The normalized spacial score (nSPS) is 13.2. The van der Waals surface area contributed by atoms with E-state index in [1.54, 1.807) is 6.26 Å². The molecule has 0 heterocycles. The number of hydrogen-bond acceptors (Lipinski definition) is 3. The second kappa shape index (κ2) is 9.55. The van der Waals surface area contributed by atoms with Crippen molar-refractivity contribution in [1.82, 2.24) is 5.32 Å². The Bertz CT molecular complexity index is 120. The van der Waals surface area contributed by atoms with E-state index >= 15 is 0 Å². The van der Waals surface area contributed by atoms with Gasteiger partial charge in [0.15, 0.2) is 0 Å². The summed E-state index contributed by atoms with van der Waals surface area (Å²) in [7, 11) is -0.642. The first-order valence-electron chi connectivity index (χ1n) is 4.36. The maximum atomic E-state index is 10.6. The van der Waals surface area contributed by atoms with Gasteiger partial charge in [0.25, 0.3) is 0 Å². The van der Waals surface area contributed by atoms with E-state index in [1.807, 2.05) is 11.8 Å². The first-order chi connectivity index (χ1) is 5.77. The van der Waals surface area contributed by atoms with E-state index in [9.17, 15) is 4.21 Å². The molecule has 0 amide bonds. The second-order valence-electron chi connectivity index (χ2n) is 2.58. The molecule has 0 aromatic rings. The molecule has 0 fully saturated rings. The Balaban J connectivity index is 2.86. The highest BCUT2D eigenvalue weighted by Gasteiger charge is 1.90. The standard InChI is InChI=1S/C8H19NOS2/c1-3-11-7-4-5-9-6-8-12(2)10/h9H,3-8H2,1-2H3. The molecule has 4 heteroatoms. The number of hydrogen-bond donors (Lipinski definition) is 1. The zero-order chi connectivity index (χ0) is 9.23. The van der Waals surface area contributed by atoms with Gasteiger partial charge in [0.2, 0.25) is 0 Å². The molecule has 0 aromatic carbocycles. The van der Waals surface area contributed by atoms with Gasteiger partial charge in [0.1, 0.15) is 0 Å². The van der Waals surface area contributed by atoms with Crippen molar-refractivity contribution >= 4 is 22.6 Å². The van der Waals surface area contributed by atoms with Crippen molar-refractivity contribution in [2.24, 2.45) is 0 Å². The van der Waals surface area contributed by atoms with E-state index in [0.717, 1.165) is 18.8 Å². The summed E-state index contributed by atoms with van der Waals surface area (Å²) in [5.74, 6) is 3.22. The molecule has 2 nitrogen and oxygen atoms in total. The van der Waals surface area contributed by atoms with Crippen molar-refractivity contribution in [2.75, 3.05) is 36.6 Å². The third kappa shape index (κ3) is 10.5.